The zero-order valence-electron chi connectivity index (χ0n) is 12.1. The number of amides is 1. The molecule has 0 bridgehead atoms. The summed E-state index contributed by atoms with van der Waals surface area (Å²) in [7, 11) is 5.60. The average molecular weight is 273 g/mol. The van der Waals surface area contributed by atoms with Crippen LogP contribution in [0.3, 0.4) is 0 Å². The number of likely N-dealkylation sites (N-methyl/N-ethyl adjacent to an activating group) is 1. The molecule has 0 unspecified atom stereocenters. The smallest absolute Gasteiger partial charge is 0.258 e. The van der Waals surface area contributed by atoms with Crippen molar-refractivity contribution in [2.24, 2.45) is 0 Å². The number of likely N-dealkylation sites (tertiary alicyclic amines) is 1. The number of fused-ring (bicyclic) bond motifs is 1. The van der Waals surface area contributed by atoms with Gasteiger partial charge in [-0.05, 0) is 26.1 Å². The molecule has 3 rings (SSSR count). The van der Waals surface area contributed by atoms with Gasteiger partial charge in [-0.2, -0.15) is 5.10 Å². The molecule has 1 atom stereocenters. The Morgan fingerprint density at radius 2 is 2.25 bits per heavy atom. The van der Waals surface area contributed by atoms with Gasteiger partial charge in [-0.15, -0.1) is 0 Å². The van der Waals surface area contributed by atoms with Crippen LogP contribution in [0.5, 0.6) is 0 Å². The molecule has 6 heteroatoms. The predicted octanol–water partition coefficient (Wildman–Crippen LogP) is 0.850. The normalized spacial score (nSPS) is 19.6. The summed E-state index contributed by atoms with van der Waals surface area (Å²) >= 11 is 0. The first-order valence-corrected chi connectivity index (χ1v) is 6.80. The van der Waals surface area contributed by atoms with E-state index in [1.54, 1.807) is 31.4 Å². The SMILES string of the molecule is CN1CC[C@@H](c2ccnc3c(C(=O)N(C)C)cnn23)C1. The van der Waals surface area contributed by atoms with Crippen molar-refractivity contribution in [2.75, 3.05) is 34.2 Å². The molecule has 1 amide bonds. The zero-order valence-corrected chi connectivity index (χ0v) is 12.1. The summed E-state index contributed by atoms with van der Waals surface area (Å²) in [5.74, 6) is 0.390. The Kier molecular flexibility index (Phi) is 3.17. The molecule has 20 heavy (non-hydrogen) atoms. The van der Waals surface area contributed by atoms with Gasteiger partial charge in [0.05, 0.1) is 11.9 Å². The molecule has 1 aliphatic heterocycles. The standard InChI is InChI=1S/C14H19N5O/c1-17(2)14(20)11-8-16-19-12(4-6-15-13(11)19)10-5-7-18(3)9-10/h4,6,8,10H,5,7,9H2,1-3H3/t10-/m1/s1. The second kappa shape index (κ2) is 4.86. The highest BCUT2D eigenvalue weighted by Crippen LogP contribution is 2.26. The van der Waals surface area contributed by atoms with Crippen molar-refractivity contribution in [3.8, 4) is 0 Å². The van der Waals surface area contributed by atoms with E-state index in [1.807, 2.05) is 10.6 Å². The number of rotatable bonds is 2. The summed E-state index contributed by atoms with van der Waals surface area (Å²) in [5, 5.41) is 4.38. The quantitative estimate of drug-likeness (QED) is 0.814. The third kappa shape index (κ3) is 2.06. The highest BCUT2D eigenvalue weighted by atomic mass is 16.2. The van der Waals surface area contributed by atoms with Crippen LogP contribution in [0, 0.1) is 0 Å². The number of aromatic nitrogens is 3. The highest BCUT2D eigenvalue weighted by molar-refractivity contribution is 5.99. The van der Waals surface area contributed by atoms with E-state index in [2.05, 4.69) is 22.0 Å². The fourth-order valence-corrected chi connectivity index (χ4v) is 2.79. The number of hydrogen-bond acceptors (Lipinski definition) is 4. The molecule has 2 aromatic rings. The number of hydrogen-bond donors (Lipinski definition) is 0. The van der Waals surface area contributed by atoms with Crippen molar-refractivity contribution < 1.29 is 4.79 Å². The van der Waals surface area contributed by atoms with Gasteiger partial charge < -0.3 is 9.80 Å². The minimum Gasteiger partial charge on any atom is -0.345 e. The lowest BCUT2D eigenvalue weighted by molar-refractivity contribution is 0.0829. The van der Waals surface area contributed by atoms with Crippen LogP contribution in [0.15, 0.2) is 18.5 Å². The third-order valence-corrected chi connectivity index (χ3v) is 3.88. The van der Waals surface area contributed by atoms with Gasteiger partial charge >= 0.3 is 0 Å². The first kappa shape index (κ1) is 13.1. The molecule has 0 aromatic carbocycles. The largest absolute Gasteiger partial charge is 0.345 e. The molecule has 1 saturated heterocycles. The molecule has 0 spiro atoms. The fourth-order valence-electron chi connectivity index (χ4n) is 2.79. The van der Waals surface area contributed by atoms with Crippen LogP contribution in [0.4, 0.5) is 0 Å². The lowest BCUT2D eigenvalue weighted by atomic mass is 10.0. The third-order valence-electron chi connectivity index (χ3n) is 3.88. The molecule has 0 saturated carbocycles. The van der Waals surface area contributed by atoms with Crippen molar-refractivity contribution in [1.29, 1.82) is 0 Å². The Morgan fingerprint density at radius 3 is 2.90 bits per heavy atom. The second-order valence-electron chi connectivity index (χ2n) is 5.61. The molecular weight excluding hydrogens is 254 g/mol. The summed E-state index contributed by atoms with van der Waals surface area (Å²) in [5.41, 5.74) is 2.34. The molecule has 2 aromatic heterocycles. The van der Waals surface area contributed by atoms with Crippen molar-refractivity contribution in [3.05, 3.63) is 29.7 Å². The number of carbonyl (C=O) groups excluding carboxylic acids is 1. The van der Waals surface area contributed by atoms with Gasteiger partial charge in [-0.25, -0.2) is 9.50 Å². The van der Waals surface area contributed by atoms with E-state index in [4.69, 9.17) is 0 Å². The predicted molar refractivity (Wildman–Crippen MR) is 75.9 cm³/mol. The molecule has 0 aliphatic carbocycles. The summed E-state index contributed by atoms with van der Waals surface area (Å²) < 4.78 is 1.82. The molecule has 0 radical (unpaired) electrons. The van der Waals surface area contributed by atoms with Crippen LogP contribution in [-0.2, 0) is 0 Å². The maximum Gasteiger partial charge on any atom is 0.258 e. The van der Waals surface area contributed by atoms with Crippen molar-refractivity contribution in [1.82, 2.24) is 24.4 Å². The van der Waals surface area contributed by atoms with Gasteiger partial charge in [-0.3, -0.25) is 4.79 Å². The van der Waals surface area contributed by atoms with E-state index in [9.17, 15) is 4.79 Å². The van der Waals surface area contributed by atoms with Crippen molar-refractivity contribution >= 4 is 11.6 Å². The van der Waals surface area contributed by atoms with E-state index in [0.717, 1.165) is 25.2 Å². The maximum atomic E-state index is 12.1. The summed E-state index contributed by atoms with van der Waals surface area (Å²) in [4.78, 5) is 20.3. The molecule has 1 fully saturated rings. The lowest BCUT2D eigenvalue weighted by Crippen LogP contribution is -2.21. The average Bonchev–Trinajstić information content (AvgIpc) is 3.03. The number of carbonyl (C=O) groups is 1. The lowest BCUT2D eigenvalue weighted by Gasteiger charge is -2.12. The van der Waals surface area contributed by atoms with Gasteiger partial charge in [0.2, 0.25) is 0 Å². The van der Waals surface area contributed by atoms with Gasteiger partial charge in [0.15, 0.2) is 5.65 Å². The van der Waals surface area contributed by atoms with Crippen LogP contribution >= 0.6 is 0 Å². The Balaban J connectivity index is 2.06. The first-order valence-electron chi connectivity index (χ1n) is 6.80. The summed E-state index contributed by atoms with van der Waals surface area (Å²) in [6, 6.07) is 2.01. The van der Waals surface area contributed by atoms with Crippen molar-refractivity contribution in [3.63, 3.8) is 0 Å². The van der Waals surface area contributed by atoms with Crippen LogP contribution < -0.4 is 0 Å². The molecule has 6 nitrogen and oxygen atoms in total. The molecule has 3 heterocycles. The van der Waals surface area contributed by atoms with Crippen LogP contribution in [0.2, 0.25) is 0 Å². The monoisotopic (exact) mass is 273 g/mol. The summed E-state index contributed by atoms with van der Waals surface area (Å²) in [6.07, 6.45) is 4.51. The van der Waals surface area contributed by atoms with E-state index < -0.39 is 0 Å². The van der Waals surface area contributed by atoms with E-state index in [-0.39, 0.29) is 5.91 Å². The van der Waals surface area contributed by atoms with Crippen LogP contribution in [-0.4, -0.2) is 64.5 Å². The second-order valence-corrected chi connectivity index (χ2v) is 5.61. The minimum atomic E-state index is -0.0619. The van der Waals surface area contributed by atoms with Gasteiger partial charge in [0.25, 0.3) is 5.91 Å². The molecule has 0 N–H and O–H groups in total. The van der Waals surface area contributed by atoms with E-state index in [0.29, 0.717) is 17.1 Å². The number of nitrogens with zero attached hydrogens (tertiary/aromatic N) is 5. The Labute approximate surface area is 118 Å². The summed E-state index contributed by atoms with van der Waals surface area (Å²) in [6.45, 7) is 2.12. The van der Waals surface area contributed by atoms with Gasteiger partial charge in [-0.1, -0.05) is 0 Å². The zero-order chi connectivity index (χ0) is 14.3. The minimum absolute atomic E-state index is 0.0619. The molecule has 1 aliphatic rings. The molecular formula is C14H19N5O. The maximum absolute atomic E-state index is 12.1. The van der Waals surface area contributed by atoms with Crippen LogP contribution in [0.1, 0.15) is 28.4 Å². The Hall–Kier alpha value is -1.95. The Bertz CT molecular complexity index is 648. The van der Waals surface area contributed by atoms with Crippen LogP contribution in [0.25, 0.3) is 5.65 Å². The Morgan fingerprint density at radius 1 is 1.45 bits per heavy atom. The first-order chi connectivity index (χ1) is 9.58. The topological polar surface area (TPSA) is 53.7 Å². The van der Waals surface area contributed by atoms with Crippen molar-refractivity contribution in [2.45, 2.75) is 12.3 Å². The van der Waals surface area contributed by atoms with E-state index >= 15 is 0 Å². The highest BCUT2D eigenvalue weighted by Gasteiger charge is 2.25. The van der Waals surface area contributed by atoms with Gasteiger partial charge in [0.1, 0.15) is 5.56 Å². The van der Waals surface area contributed by atoms with Gasteiger partial charge in [0, 0.05) is 32.8 Å². The fraction of sp³-hybridized carbons (Fsp3) is 0.500. The van der Waals surface area contributed by atoms with E-state index in [1.165, 1.54) is 0 Å². The molecule has 106 valence electrons.